The molecule has 0 unspecified atom stereocenters. The number of nitrogens with zero attached hydrogens (tertiary/aromatic N) is 10. The van der Waals surface area contributed by atoms with Gasteiger partial charge in [0.25, 0.3) is 12.9 Å². The Morgan fingerprint density at radius 3 is 1.22 bits per heavy atom. The molecule has 8 rings (SSSR count). The predicted molar refractivity (Wildman–Crippen MR) is 279 cm³/mol. The highest BCUT2D eigenvalue weighted by molar-refractivity contribution is 9.11. The van der Waals surface area contributed by atoms with Crippen LogP contribution in [0.5, 0.6) is 34.5 Å². The van der Waals surface area contributed by atoms with Gasteiger partial charge in [-0.1, -0.05) is 0 Å². The molecule has 3 aromatic carbocycles. The number of nitrogens with two attached hydrogens (primary N) is 1. The van der Waals surface area contributed by atoms with Crippen LogP contribution in [0, 0.1) is 13.8 Å². The first-order chi connectivity index (χ1) is 35.5. The third-order valence-electron chi connectivity index (χ3n) is 9.77. The van der Waals surface area contributed by atoms with Crippen LogP contribution in [0.25, 0.3) is 11.6 Å². The maximum atomic E-state index is 13.3. The van der Waals surface area contributed by atoms with Crippen LogP contribution in [-0.4, -0.2) is 92.1 Å². The quantitative estimate of drug-likeness (QED) is 0.0323. The Balaban J connectivity index is 0.000000183. The number of benzene rings is 3. The van der Waals surface area contributed by atoms with E-state index in [-0.39, 0.29) is 29.1 Å². The second-order valence-electron chi connectivity index (χ2n) is 14.8. The Bertz CT molecular complexity index is 3130. The maximum absolute atomic E-state index is 13.3. The van der Waals surface area contributed by atoms with E-state index in [1.807, 2.05) is 12.1 Å². The summed E-state index contributed by atoms with van der Waals surface area (Å²) in [5.74, 6) is 10.9. The fourth-order valence-corrected chi connectivity index (χ4v) is 7.38. The van der Waals surface area contributed by atoms with Gasteiger partial charge in [-0.25, -0.2) is 47.7 Å². The van der Waals surface area contributed by atoms with E-state index in [0.29, 0.717) is 88.3 Å². The highest BCUT2D eigenvalue weighted by atomic mass is 79.9. The van der Waals surface area contributed by atoms with Crippen LogP contribution in [0.2, 0.25) is 0 Å². The number of hydrogen-bond donors (Lipinski definition) is 5. The lowest BCUT2D eigenvalue weighted by molar-refractivity contribution is 0.142. The second-order valence-corrected chi connectivity index (χ2v) is 17.4. The van der Waals surface area contributed by atoms with Crippen molar-refractivity contribution in [3.05, 3.63) is 122 Å². The number of aryl methyl sites for hydroxylation is 2. The van der Waals surface area contributed by atoms with E-state index >= 15 is 0 Å². The molecular weight excluding hydrogens is 1170 g/mol. The van der Waals surface area contributed by atoms with Gasteiger partial charge in [-0.2, -0.15) is 25.1 Å². The summed E-state index contributed by atoms with van der Waals surface area (Å²) in [6, 6.07) is 18.5. The van der Waals surface area contributed by atoms with Crippen LogP contribution in [0.15, 0.2) is 98.7 Å². The highest BCUT2D eigenvalue weighted by Gasteiger charge is 2.21. The zero-order valence-corrected chi connectivity index (χ0v) is 45.1. The van der Waals surface area contributed by atoms with Gasteiger partial charge in [0.2, 0.25) is 17.8 Å². The Hall–Kier alpha value is -7.56. The molecule has 21 nitrogen and oxygen atoms in total. The SMILES string of the molecule is COc1cc(Nc2ncc(Br)c(-n3nc(C(F)F)cc3C)n2)cc(OC)c1.COc1cc(Nc2ncc(Br)c(-n3nc(C)cc3C(F)F)n2)cc(OC)c1.COc1cc(Nc2ncc(Br)c(NN)n2)cc(OC)c1. The highest BCUT2D eigenvalue weighted by Crippen LogP contribution is 2.33. The number of rotatable bonds is 17. The number of methoxy groups -OCH3 is 6. The van der Waals surface area contributed by atoms with Crippen LogP contribution < -0.4 is 55.6 Å². The first-order valence-corrected chi connectivity index (χ1v) is 23.6. The number of halogens is 7. The van der Waals surface area contributed by atoms with Crippen LogP contribution in [-0.2, 0) is 0 Å². The molecule has 0 amide bonds. The summed E-state index contributed by atoms with van der Waals surface area (Å²) in [6.07, 6.45) is -0.763. The van der Waals surface area contributed by atoms with Crippen molar-refractivity contribution in [2.75, 3.05) is 64.0 Å². The van der Waals surface area contributed by atoms with Crippen molar-refractivity contribution in [2.45, 2.75) is 26.7 Å². The number of hydrogen-bond acceptors (Lipinski definition) is 19. The summed E-state index contributed by atoms with van der Waals surface area (Å²) in [5.41, 5.74) is 4.90. The van der Waals surface area contributed by atoms with Gasteiger partial charge < -0.3 is 49.8 Å². The average Bonchev–Trinajstić information content (AvgIpc) is 4.00. The Labute approximate surface area is 445 Å². The average molecular weight is 1220 g/mol. The summed E-state index contributed by atoms with van der Waals surface area (Å²) >= 11 is 9.92. The third kappa shape index (κ3) is 14.6. The van der Waals surface area contributed by atoms with Crippen LogP contribution in [0.1, 0.15) is 35.6 Å². The first-order valence-electron chi connectivity index (χ1n) is 21.2. The second kappa shape index (κ2) is 25.9. The van der Waals surface area contributed by atoms with Crippen LogP contribution in [0.4, 0.5) is 58.3 Å². The number of nitrogens with one attached hydrogen (secondary N) is 4. The predicted octanol–water partition coefficient (Wildman–Crippen LogP) is 11.1. The van der Waals surface area contributed by atoms with E-state index in [1.165, 1.54) is 29.2 Å². The van der Waals surface area contributed by atoms with Crippen molar-refractivity contribution in [2.24, 2.45) is 5.84 Å². The minimum Gasteiger partial charge on any atom is -0.497 e. The van der Waals surface area contributed by atoms with Gasteiger partial charge >= 0.3 is 0 Å². The Kier molecular flexibility index (Phi) is 19.5. The first kappa shape index (κ1) is 55.7. The topological polar surface area (TPSA) is 242 Å². The van der Waals surface area contributed by atoms with Crippen molar-refractivity contribution < 1.29 is 46.0 Å². The molecule has 0 bridgehead atoms. The van der Waals surface area contributed by atoms with Gasteiger partial charge in [0, 0.05) is 95.9 Å². The monoisotopic (exact) mass is 1220 g/mol. The molecule has 0 fully saturated rings. The van der Waals surface area contributed by atoms with Crippen molar-refractivity contribution in [1.82, 2.24) is 49.5 Å². The number of anilines is 7. The summed E-state index contributed by atoms with van der Waals surface area (Å²) in [5, 5.41) is 17.2. The molecule has 0 spiro atoms. The standard InChI is InChI=1S/2C17H16BrF2N5O2.C12H14BrN5O2/c1-9-4-14(15(19)20)24-25(9)16-13(18)8-21-17(23-16)22-10-5-11(26-2)7-12(6-10)27-3;1-9-4-14(15(19)20)25(24-9)16-13(18)8-21-17(23-16)22-10-5-11(26-2)7-12(6-10)27-3;1-19-8-3-7(4-9(5-8)20-2)16-12-15-6-10(13)11(17-12)18-14/h2*4-8,15H,1-3H3,(H,21,22,23);3-6H,14H2,1-2H3,(H2,15,16,17,18). The Morgan fingerprint density at radius 1 is 0.486 bits per heavy atom. The van der Waals surface area contributed by atoms with Crippen LogP contribution >= 0.6 is 47.8 Å². The molecule has 0 aliphatic heterocycles. The minimum atomic E-state index is -2.69. The molecular formula is C46H46Br3F4N15O6. The zero-order valence-electron chi connectivity index (χ0n) is 40.4. The molecule has 5 heterocycles. The fourth-order valence-electron chi connectivity index (χ4n) is 6.35. The number of hydrazine groups is 1. The molecule has 74 heavy (non-hydrogen) atoms. The normalized spacial score (nSPS) is 10.7. The lowest BCUT2D eigenvalue weighted by Crippen LogP contribution is -2.10. The van der Waals surface area contributed by atoms with E-state index in [1.54, 1.807) is 105 Å². The van der Waals surface area contributed by atoms with Crippen LogP contribution in [0.3, 0.4) is 0 Å². The summed E-state index contributed by atoms with van der Waals surface area (Å²) in [6.45, 7) is 3.31. The minimum absolute atomic E-state index is 0.200. The van der Waals surface area contributed by atoms with E-state index in [2.05, 4.69) is 109 Å². The van der Waals surface area contributed by atoms with Gasteiger partial charge in [-0.15, -0.1) is 0 Å². The number of alkyl halides is 4. The molecule has 0 radical (unpaired) electrons. The molecule has 0 aliphatic carbocycles. The van der Waals surface area contributed by atoms with Gasteiger partial charge in [-0.3, -0.25) is 0 Å². The summed E-state index contributed by atoms with van der Waals surface area (Å²) in [4.78, 5) is 25.4. The Morgan fingerprint density at radius 2 is 0.865 bits per heavy atom. The maximum Gasteiger partial charge on any atom is 0.282 e. The molecule has 390 valence electrons. The molecule has 0 aliphatic rings. The molecule has 28 heteroatoms. The molecule has 5 aromatic heterocycles. The summed E-state index contributed by atoms with van der Waals surface area (Å²) in [7, 11) is 9.36. The van der Waals surface area contributed by atoms with Gasteiger partial charge in [0.15, 0.2) is 17.5 Å². The largest absolute Gasteiger partial charge is 0.497 e. The fraction of sp³-hybridized carbons (Fsp3) is 0.217. The zero-order chi connectivity index (χ0) is 53.6. The lowest BCUT2D eigenvalue weighted by Gasteiger charge is -2.12. The number of nitrogen functional groups attached to an aromatic ring is 1. The van der Waals surface area contributed by atoms with E-state index in [9.17, 15) is 17.6 Å². The van der Waals surface area contributed by atoms with E-state index in [4.69, 9.17) is 34.3 Å². The van der Waals surface area contributed by atoms with Gasteiger partial charge in [0.05, 0.1) is 61.8 Å². The number of aromatic nitrogens is 10. The van der Waals surface area contributed by atoms with Crippen molar-refractivity contribution >= 4 is 88.5 Å². The molecule has 0 saturated carbocycles. The molecule has 8 aromatic rings. The van der Waals surface area contributed by atoms with Crippen molar-refractivity contribution in [1.29, 1.82) is 0 Å². The summed E-state index contributed by atoms with van der Waals surface area (Å²) < 4.78 is 87.9. The van der Waals surface area contributed by atoms with E-state index in [0.717, 1.165) is 10.4 Å². The van der Waals surface area contributed by atoms with Crippen molar-refractivity contribution in [3.63, 3.8) is 0 Å². The van der Waals surface area contributed by atoms with Gasteiger partial charge in [0.1, 0.15) is 45.9 Å². The van der Waals surface area contributed by atoms with Gasteiger partial charge in [-0.05, 0) is 73.8 Å². The molecule has 0 saturated heterocycles. The van der Waals surface area contributed by atoms with Crippen molar-refractivity contribution in [3.8, 4) is 46.1 Å². The number of ether oxygens (including phenoxy) is 6. The third-order valence-corrected chi connectivity index (χ3v) is 11.5. The smallest absolute Gasteiger partial charge is 0.282 e. The van der Waals surface area contributed by atoms with E-state index < -0.39 is 12.9 Å². The molecule has 6 N–H and O–H groups in total. The molecule has 0 atom stereocenters. The lowest BCUT2D eigenvalue weighted by atomic mass is 10.3.